The van der Waals surface area contributed by atoms with Crippen molar-refractivity contribution < 1.29 is 28.5 Å². The number of ether oxygens (including phenoxy) is 4. The molecule has 0 aliphatic carbocycles. The van der Waals surface area contributed by atoms with Crippen molar-refractivity contribution in [3.05, 3.63) is 47.7 Å². The van der Waals surface area contributed by atoms with E-state index in [0.29, 0.717) is 39.4 Å². The number of benzene rings is 2. The number of aromatic nitrogens is 1. The predicted octanol–water partition coefficient (Wildman–Crippen LogP) is 3.23. The Morgan fingerprint density at radius 2 is 1.64 bits per heavy atom. The van der Waals surface area contributed by atoms with Crippen LogP contribution in [0.25, 0.3) is 10.9 Å². The van der Waals surface area contributed by atoms with Gasteiger partial charge in [-0.25, -0.2) is 4.79 Å². The Morgan fingerprint density at radius 1 is 0.929 bits per heavy atom. The number of H-pyrrole nitrogens is 1. The van der Waals surface area contributed by atoms with Gasteiger partial charge in [0.05, 0.1) is 56.2 Å². The second kappa shape index (κ2) is 7.91. The summed E-state index contributed by atoms with van der Waals surface area (Å²) >= 11 is 0. The Morgan fingerprint density at radius 3 is 2.29 bits per heavy atom. The number of para-hydroxylation sites is 1. The smallest absolute Gasteiger partial charge is 0.339 e. The normalized spacial score (nSPS) is 10.4. The fourth-order valence-electron chi connectivity index (χ4n) is 3.01. The Bertz CT molecular complexity index is 1040. The van der Waals surface area contributed by atoms with Gasteiger partial charge < -0.3 is 29.2 Å². The maximum absolute atomic E-state index is 13.0. The molecular formula is C20H20N2O6. The van der Waals surface area contributed by atoms with E-state index >= 15 is 0 Å². The molecular weight excluding hydrogens is 364 g/mol. The van der Waals surface area contributed by atoms with Gasteiger partial charge in [0.1, 0.15) is 0 Å². The van der Waals surface area contributed by atoms with E-state index in [1.165, 1.54) is 28.4 Å². The Kier molecular flexibility index (Phi) is 5.39. The van der Waals surface area contributed by atoms with E-state index in [2.05, 4.69) is 10.3 Å². The van der Waals surface area contributed by atoms with Gasteiger partial charge in [0.15, 0.2) is 11.5 Å². The zero-order chi connectivity index (χ0) is 20.3. The van der Waals surface area contributed by atoms with E-state index in [4.69, 9.17) is 18.9 Å². The first-order valence-corrected chi connectivity index (χ1v) is 8.34. The number of fused-ring (bicyclic) bond motifs is 1. The third kappa shape index (κ3) is 3.20. The fraction of sp³-hybridized carbons (Fsp3) is 0.200. The van der Waals surface area contributed by atoms with Crippen molar-refractivity contribution >= 4 is 28.5 Å². The highest BCUT2D eigenvalue weighted by molar-refractivity contribution is 6.16. The highest BCUT2D eigenvalue weighted by Crippen LogP contribution is 2.44. The quantitative estimate of drug-likeness (QED) is 0.633. The van der Waals surface area contributed by atoms with Gasteiger partial charge in [0, 0.05) is 12.3 Å². The maximum atomic E-state index is 13.0. The van der Waals surface area contributed by atoms with Gasteiger partial charge in [-0.15, -0.1) is 0 Å². The molecule has 0 bridgehead atoms. The van der Waals surface area contributed by atoms with Crippen LogP contribution >= 0.6 is 0 Å². The molecule has 1 aromatic heterocycles. The van der Waals surface area contributed by atoms with Gasteiger partial charge >= 0.3 is 5.97 Å². The summed E-state index contributed by atoms with van der Waals surface area (Å²) in [6, 6.07) is 8.32. The van der Waals surface area contributed by atoms with Gasteiger partial charge in [-0.3, -0.25) is 4.79 Å². The summed E-state index contributed by atoms with van der Waals surface area (Å²) in [4.78, 5) is 27.9. The van der Waals surface area contributed by atoms with Crippen LogP contribution in [0.3, 0.4) is 0 Å². The number of aromatic amines is 1. The van der Waals surface area contributed by atoms with Crippen LogP contribution in [-0.4, -0.2) is 45.3 Å². The van der Waals surface area contributed by atoms with Crippen molar-refractivity contribution in [2.75, 3.05) is 33.8 Å². The van der Waals surface area contributed by atoms with Gasteiger partial charge in [-0.05, 0) is 12.1 Å². The molecule has 28 heavy (non-hydrogen) atoms. The van der Waals surface area contributed by atoms with Crippen molar-refractivity contribution in [2.45, 2.75) is 0 Å². The lowest BCUT2D eigenvalue weighted by atomic mass is 10.1. The van der Waals surface area contributed by atoms with Gasteiger partial charge in [0.2, 0.25) is 5.75 Å². The number of esters is 1. The minimum absolute atomic E-state index is 0.254. The molecule has 0 aliphatic rings. The molecule has 0 atom stereocenters. The molecule has 1 amide bonds. The molecule has 3 rings (SSSR count). The van der Waals surface area contributed by atoms with E-state index in [-0.39, 0.29) is 5.56 Å². The van der Waals surface area contributed by atoms with Crippen molar-refractivity contribution in [1.29, 1.82) is 0 Å². The summed E-state index contributed by atoms with van der Waals surface area (Å²) in [7, 11) is 5.78. The molecule has 0 aliphatic heterocycles. The lowest BCUT2D eigenvalue weighted by molar-refractivity contribution is 0.0602. The Balaban J connectivity index is 2.08. The molecule has 0 fully saturated rings. The molecule has 2 N–H and O–H groups in total. The van der Waals surface area contributed by atoms with Crippen molar-refractivity contribution in [3.8, 4) is 17.2 Å². The van der Waals surface area contributed by atoms with Crippen LogP contribution in [0.4, 0.5) is 5.69 Å². The molecule has 146 valence electrons. The van der Waals surface area contributed by atoms with Crippen LogP contribution in [-0.2, 0) is 4.74 Å². The number of carbonyl (C=O) groups is 2. The van der Waals surface area contributed by atoms with Crippen molar-refractivity contribution in [3.63, 3.8) is 0 Å². The Hall–Kier alpha value is -3.68. The largest absolute Gasteiger partial charge is 0.493 e. The molecule has 3 aromatic rings. The van der Waals surface area contributed by atoms with Gasteiger partial charge in [0.25, 0.3) is 5.91 Å². The maximum Gasteiger partial charge on any atom is 0.339 e. The number of hydrogen-bond acceptors (Lipinski definition) is 6. The van der Waals surface area contributed by atoms with Crippen molar-refractivity contribution in [2.24, 2.45) is 0 Å². The molecule has 0 radical (unpaired) electrons. The number of amides is 1. The van der Waals surface area contributed by atoms with E-state index in [9.17, 15) is 9.59 Å². The molecule has 0 saturated heterocycles. The zero-order valence-electron chi connectivity index (χ0n) is 15.9. The number of carbonyl (C=O) groups excluding carboxylic acids is 2. The van der Waals surface area contributed by atoms with Crippen LogP contribution in [0, 0.1) is 0 Å². The average Bonchev–Trinajstić information content (AvgIpc) is 3.15. The summed E-state index contributed by atoms with van der Waals surface area (Å²) in [6.45, 7) is 0. The second-order valence-electron chi connectivity index (χ2n) is 5.76. The molecule has 0 saturated carbocycles. The number of rotatable bonds is 6. The third-order valence-corrected chi connectivity index (χ3v) is 4.30. The first-order valence-electron chi connectivity index (χ1n) is 8.34. The molecule has 1 heterocycles. The predicted molar refractivity (Wildman–Crippen MR) is 104 cm³/mol. The molecule has 0 spiro atoms. The van der Waals surface area contributed by atoms with Crippen molar-refractivity contribution in [1.82, 2.24) is 4.98 Å². The molecule has 2 aromatic carbocycles. The topological polar surface area (TPSA) is 98.9 Å². The first kappa shape index (κ1) is 19.1. The van der Waals surface area contributed by atoms with E-state index in [1.54, 1.807) is 36.5 Å². The summed E-state index contributed by atoms with van der Waals surface area (Å²) < 4.78 is 21.0. The van der Waals surface area contributed by atoms with Gasteiger partial charge in [-0.2, -0.15) is 0 Å². The van der Waals surface area contributed by atoms with E-state index in [1.807, 2.05) is 0 Å². The summed E-state index contributed by atoms with van der Waals surface area (Å²) in [6.07, 6.45) is 1.56. The van der Waals surface area contributed by atoms with Crippen LogP contribution in [0.1, 0.15) is 20.7 Å². The van der Waals surface area contributed by atoms with Crippen LogP contribution in [0.2, 0.25) is 0 Å². The fourth-order valence-corrected chi connectivity index (χ4v) is 3.01. The lowest BCUT2D eigenvalue weighted by Crippen LogP contribution is -2.15. The average molecular weight is 384 g/mol. The Labute approximate surface area is 161 Å². The summed E-state index contributed by atoms with van der Waals surface area (Å²) in [5.41, 5.74) is 1.56. The molecule has 8 nitrogen and oxygen atoms in total. The number of nitrogens with one attached hydrogen (secondary N) is 2. The standard InChI is InChI=1S/C20H20N2O6/c1-25-15-9-14-16(18(27-3)17(15)26-2)12(10-21-14)19(23)22-13-8-6-5-7-11(13)20(24)28-4/h5-10,21H,1-4H3,(H,22,23). The zero-order valence-corrected chi connectivity index (χ0v) is 15.9. The number of anilines is 1. The monoisotopic (exact) mass is 384 g/mol. The van der Waals surface area contributed by atoms with Crippen LogP contribution in [0.15, 0.2) is 36.5 Å². The number of hydrogen-bond donors (Lipinski definition) is 2. The van der Waals surface area contributed by atoms with E-state index < -0.39 is 11.9 Å². The minimum atomic E-state index is -0.543. The molecule has 8 heteroatoms. The third-order valence-electron chi connectivity index (χ3n) is 4.30. The second-order valence-corrected chi connectivity index (χ2v) is 5.76. The highest BCUT2D eigenvalue weighted by atomic mass is 16.5. The molecule has 0 unspecified atom stereocenters. The van der Waals surface area contributed by atoms with Crippen LogP contribution in [0.5, 0.6) is 17.2 Å². The van der Waals surface area contributed by atoms with Crippen LogP contribution < -0.4 is 19.5 Å². The lowest BCUT2D eigenvalue weighted by Gasteiger charge is -2.14. The summed E-state index contributed by atoms with van der Waals surface area (Å²) in [5.74, 6) is 0.245. The van der Waals surface area contributed by atoms with Gasteiger partial charge in [-0.1, -0.05) is 12.1 Å². The summed E-state index contributed by atoms with van der Waals surface area (Å²) in [5, 5.41) is 3.29. The highest BCUT2D eigenvalue weighted by Gasteiger charge is 2.23. The first-order chi connectivity index (χ1) is 13.5. The SMILES string of the molecule is COC(=O)c1ccccc1NC(=O)c1c[nH]c2cc(OC)c(OC)c(OC)c12. The van der Waals surface area contributed by atoms with E-state index in [0.717, 1.165) is 0 Å². The minimum Gasteiger partial charge on any atom is -0.493 e. The number of methoxy groups -OCH3 is 4.